The van der Waals surface area contributed by atoms with Gasteiger partial charge in [-0.15, -0.1) is 5.10 Å². The number of rotatable bonds is 4. The summed E-state index contributed by atoms with van der Waals surface area (Å²) >= 11 is 0. The Balaban J connectivity index is 2.21. The molecule has 6 heteroatoms. The van der Waals surface area contributed by atoms with Gasteiger partial charge < -0.3 is 4.74 Å². The van der Waals surface area contributed by atoms with E-state index in [0.29, 0.717) is 29.0 Å². The van der Waals surface area contributed by atoms with Crippen LogP contribution in [-0.4, -0.2) is 28.4 Å². The molecule has 1 aromatic heterocycles. The number of halogens is 1. The highest BCUT2D eigenvalue weighted by Gasteiger charge is 2.16. The molecule has 0 saturated carbocycles. The number of aromatic nitrogens is 3. The van der Waals surface area contributed by atoms with E-state index < -0.39 is 5.82 Å². The molecule has 0 aliphatic rings. The predicted molar refractivity (Wildman–Crippen MR) is 78.7 cm³/mol. The van der Waals surface area contributed by atoms with Gasteiger partial charge in [0.2, 0.25) is 0 Å². The maximum atomic E-state index is 13.5. The van der Waals surface area contributed by atoms with Crippen molar-refractivity contribution >= 4 is 6.29 Å². The number of nitrogens with zero attached hydrogens (tertiary/aromatic N) is 3. The van der Waals surface area contributed by atoms with Crippen LogP contribution in [0.3, 0.4) is 0 Å². The Morgan fingerprint density at radius 3 is 2.73 bits per heavy atom. The molecule has 0 aliphatic heterocycles. The number of methoxy groups -OCH3 is 1. The Morgan fingerprint density at radius 2 is 2.00 bits per heavy atom. The number of carbonyl (C=O) groups is 1. The van der Waals surface area contributed by atoms with E-state index in [1.807, 2.05) is 0 Å². The molecule has 1 heterocycles. The fourth-order valence-corrected chi connectivity index (χ4v) is 2.20. The number of ether oxygens (including phenoxy) is 1. The minimum Gasteiger partial charge on any atom is -0.497 e. The summed E-state index contributed by atoms with van der Waals surface area (Å²) in [6.07, 6.45) is 0.601. The van der Waals surface area contributed by atoms with Gasteiger partial charge in [-0.2, -0.15) is 0 Å². The third kappa shape index (κ3) is 2.46. The van der Waals surface area contributed by atoms with E-state index in [0.717, 1.165) is 0 Å². The molecule has 5 nitrogen and oxygen atoms in total. The zero-order valence-corrected chi connectivity index (χ0v) is 11.7. The Bertz CT molecular complexity index is 830. The van der Waals surface area contributed by atoms with E-state index in [-0.39, 0.29) is 5.69 Å². The average Bonchev–Trinajstić information content (AvgIpc) is 2.99. The Morgan fingerprint density at radius 1 is 1.18 bits per heavy atom. The molecule has 0 radical (unpaired) electrons. The standard InChI is InChI=1S/C16H12FN3O2/c1-22-14-7-3-6-13(9-14)20-16(15(10-21)18-19-20)11-4-2-5-12(17)8-11/h2-10H,1H3. The molecular formula is C16H12FN3O2. The molecule has 2 aromatic carbocycles. The van der Waals surface area contributed by atoms with Crippen molar-refractivity contribution in [3.63, 3.8) is 0 Å². The predicted octanol–water partition coefficient (Wildman–Crippen LogP) is 2.89. The number of hydrogen-bond acceptors (Lipinski definition) is 4. The molecule has 3 rings (SSSR count). The molecule has 0 bridgehead atoms. The number of hydrogen-bond donors (Lipinski definition) is 0. The third-order valence-corrected chi connectivity index (χ3v) is 3.20. The average molecular weight is 297 g/mol. The fraction of sp³-hybridized carbons (Fsp3) is 0.0625. The molecular weight excluding hydrogens is 285 g/mol. The zero-order valence-electron chi connectivity index (χ0n) is 11.7. The van der Waals surface area contributed by atoms with Crippen molar-refractivity contribution < 1.29 is 13.9 Å². The zero-order chi connectivity index (χ0) is 15.5. The number of carbonyl (C=O) groups excluding carboxylic acids is 1. The van der Waals surface area contributed by atoms with Crippen molar-refractivity contribution in [3.8, 4) is 22.7 Å². The number of benzene rings is 2. The SMILES string of the molecule is COc1cccc(-n2nnc(C=O)c2-c2cccc(F)c2)c1. The summed E-state index contributed by atoms with van der Waals surface area (Å²) in [4.78, 5) is 11.2. The molecule has 0 unspecified atom stereocenters. The monoisotopic (exact) mass is 297 g/mol. The highest BCUT2D eigenvalue weighted by molar-refractivity contribution is 5.84. The van der Waals surface area contributed by atoms with Gasteiger partial charge in [0, 0.05) is 11.6 Å². The topological polar surface area (TPSA) is 57.0 Å². The summed E-state index contributed by atoms with van der Waals surface area (Å²) in [6, 6.07) is 13.1. The first-order valence-electron chi connectivity index (χ1n) is 6.54. The summed E-state index contributed by atoms with van der Waals surface area (Å²) in [5, 5.41) is 7.85. The highest BCUT2D eigenvalue weighted by atomic mass is 19.1. The maximum absolute atomic E-state index is 13.5. The van der Waals surface area contributed by atoms with Gasteiger partial charge in [-0.05, 0) is 24.3 Å². The lowest BCUT2D eigenvalue weighted by Gasteiger charge is -2.08. The molecule has 22 heavy (non-hydrogen) atoms. The van der Waals surface area contributed by atoms with Gasteiger partial charge in [-0.3, -0.25) is 4.79 Å². The molecule has 0 atom stereocenters. The van der Waals surface area contributed by atoms with Crippen molar-refractivity contribution in [2.75, 3.05) is 7.11 Å². The quantitative estimate of drug-likeness (QED) is 0.695. The van der Waals surface area contributed by atoms with E-state index in [9.17, 15) is 9.18 Å². The Labute approximate surface area is 126 Å². The van der Waals surface area contributed by atoms with Crippen LogP contribution in [0.25, 0.3) is 16.9 Å². The highest BCUT2D eigenvalue weighted by Crippen LogP contribution is 2.26. The smallest absolute Gasteiger partial charge is 0.172 e. The summed E-state index contributed by atoms with van der Waals surface area (Å²) in [5.41, 5.74) is 1.77. The normalized spacial score (nSPS) is 10.5. The summed E-state index contributed by atoms with van der Waals surface area (Å²) < 4.78 is 20.2. The Kier molecular flexibility index (Phi) is 3.65. The van der Waals surface area contributed by atoms with Crippen LogP contribution in [0.2, 0.25) is 0 Å². The van der Waals surface area contributed by atoms with Crippen LogP contribution >= 0.6 is 0 Å². The van der Waals surface area contributed by atoms with Gasteiger partial charge in [-0.1, -0.05) is 23.4 Å². The summed E-state index contributed by atoms with van der Waals surface area (Å²) in [6.45, 7) is 0. The van der Waals surface area contributed by atoms with Gasteiger partial charge in [0.25, 0.3) is 0 Å². The van der Waals surface area contributed by atoms with Crippen LogP contribution in [0, 0.1) is 5.82 Å². The van der Waals surface area contributed by atoms with E-state index >= 15 is 0 Å². The van der Waals surface area contributed by atoms with Gasteiger partial charge in [-0.25, -0.2) is 9.07 Å². The van der Waals surface area contributed by atoms with E-state index in [2.05, 4.69) is 10.3 Å². The van der Waals surface area contributed by atoms with Crippen molar-refractivity contribution in [3.05, 3.63) is 60.0 Å². The molecule has 0 fully saturated rings. The van der Waals surface area contributed by atoms with Crippen molar-refractivity contribution in [2.24, 2.45) is 0 Å². The summed E-state index contributed by atoms with van der Waals surface area (Å²) in [7, 11) is 1.56. The van der Waals surface area contributed by atoms with E-state index in [1.165, 1.54) is 16.8 Å². The molecule has 0 aliphatic carbocycles. The first kappa shape index (κ1) is 13.9. The van der Waals surface area contributed by atoms with Crippen molar-refractivity contribution in [1.82, 2.24) is 15.0 Å². The van der Waals surface area contributed by atoms with E-state index in [4.69, 9.17) is 4.74 Å². The van der Waals surface area contributed by atoms with Crippen LogP contribution in [0.1, 0.15) is 10.5 Å². The molecule has 0 saturated heterocycles. The van der Waals surface area contributed by atoms with Crippen molar-refractivity contribution in [1.29, 1.82) is 0 Å². The second-order valence-corrected chi connectivity index (χ2v) is 4.56. The first-order valence-corrected chi connectivity index (χ1v) is 6.54. The van der Waals surface area contributed by atoms with Gasteiger partial charge in [0.1, 0.15) is 17.3 Å². The van der Waals surface area contributed by atoms with Crippen LogP contribution in [-0.2, 0) is 0 Å². The van der Waals surface area contributed by atoms with Crippen molar-refractivity contribution in [2.45, 2.75) is 0 Å². The largest absolute Gasteiger partial charge is 0.497 e. The third-order valence-electron chi connectivity index (χ3n) is 3.20. The maximum Gasteiger partial charge on any atom is 0.172 e. The summed E-state index contributed by atoms with van der Waals surface area (Å²) in [5.74, 6) is 0.249. The fourth-order valence-electron chi connectivity index (χ4n) is 2.20. The number of aldehydes is 1. The second-order valence-electron chi connectivity index (χ2n) is 4.56. The lowest BCUT2D eigenvalue weighted by molar-refractivity contribution is 0.111. The van der Waals surface area contributed by atoms with Gasteiger partial charge >= 0.3 is 0 Å². The lowest BCUT2D eigenvalue weighted by atomic mass is 10.1. The van der Waals surface area contributed by atoms with Gasteiger partial charge in [0.15, 0.2) is 12.0 Å². The molecule has 0 amide bonds. The molecule has 0 N–H and O–H groups in total. The lowest BCUT2D eigenvalue weighted by Crippen LogP contribution is -2.00. The second kappa shape index (κ2) is 5.77. The molecule has 0 spiro atoms. The molecule has 110 valence electrons. The van der Waals surface area contributed by atoms with Gasteiger partial charge in [0.05, 0.1) is 12.8 Å². The van der Waals surface area contributed by atoms with Crippen LogP contribution < -0.4 is 4.74 Å². The van der Waals surface area contributed by atoms with E-state index in [1.54, 1.807) is 43.5 Å². The Hall–Kier alpha value is -3.02. The minimum absolute atomic E-state index is 0.147. The first-order chi connectivity index (χ1) is 10.7. The van der Waals surface area contributed by atoms with Crippen LogP contribution in [0.4, 0.5) is 4.39 Å². The van der Waals surface area contributed by atoms with Crippen LogP contribution in [0.5, 0.6) is 5.75 Å². The minimum atomic E-state index is -0.396. The molecule has 3 aromatic rings. The van der Waals surface area contributed by atoms with Crippen LogP contribution in [0.15, 0.2) is 48.5 Å².